The normalized spacial score (nSPS) is 19.3. The average molecular weight is 432 g/mol. The van der Waals surface area contributed by atoms with E-state index in [0.29, 0.717) is 43.5 Å². The van der Waals surface area contributed by atoms with E-state index >= 15 is 0 Å². The molecule has 1 aromatic heterocycles. The summed E-state index contributed by atoms with van der Waals surface area (Å²) < 4.78 is 1.92. The van der Waals surface area contributed by atoms with E-state index in [-0.39, 0.29) is 24.2 Å². The third-order valence-corrected chi connectivity index (χ3v) is 5.94. The number of aryl methyl sites for hydroxylation is 1. The van der Waals surface area contributed by atoms with E-state index in [0.717, 1.165) is 32.4 Å². The number of halogens is 1. The minimum atomic E-state index is -0.0492. The third-order valence-electron chi connectivity index (χ3n) is 5.94. The molecule has 1 unspecified atom stereocenters. The Labute approximate surface area is 183 Å². The monoisotopic (exact) mass is 431 g/mol. The highest BCUT2D eigenvalue weighted by molar-refractivity contribution is 5.95. The lowest BCUT2D eigenvalue weighted by Gasteiger charge is -2.34. The molecule has 0 spiro atoms. The molecule has 30 heavy (non-hydrogen) atoms. The van der Waals surface area contributed by atoms with Crippen LogP contribution >= 0.6 is 12.4 Å². The topological polar surface area (TPSA) is 70.5 Å². The largest absolute Gasteiger partial charge is 0.335 e. The van der Waals surface area contributed by atoms with Gasteiger partial charge in [-0.3, -0.25) is 14.3 Å². The molecular formula is C22H30ClN5O2. The van der Waals surface area contributed by atoms with Crippen molar-refractivity contribution in [2.45, 2.75) is 32.2 Å². The highest BCUT2D eigenvalue weighted by atomic mass is 35.5. The molecule has 7 nitrogen and oxygen atoms in total. The molecule has 2 aliphatic heterocycles. The van der Waals surface area contributed by atoms with E-state index in [9.17, 15) is 9.59 Å². The lowest BCUT2D eigenvalue weighted by atomic mass is 10.1. The molecule has 0 radical (unpaired) electrons. The van der Waals surface area contributed by atoms with Crippen LogP contribution in [-0.4, -0.2) is 70.7 Å². The predicted octanol–water partition coefficient (Wildman–Crippen LogP) is 2.39. The summed E-state index contributed by atoms with van der Waals surface area (Å²) >= 11 is 0. The third kappa shape index (κ3) is 4.84. The van der Waals surface area contributed by atoms with Crippen LogP contribution in [0.15, 0.2) is 36.5 Å². The second-order valence-corrected chi connectivity index (χ2v) is 7.82. The molecule has 8 heteroatoms. The van der Waals surface area contributed by atoms with Gasteiger partial charge in [0.1, 0.15) is 5.69 Å². The average Bonchev–Trinajstić information content (AvgIpc) is 3.29. The van der Waals surface area contributed by atoms with E-state index in [4.69, 9.17) is 0 Å². The van der Waals surface area contributed by atoms with Crippen molar-refractivity contribution >= 4 is 24.2 Å². The number of rotatable bonds is 4. The maximum atomic E-state index is 12.8. The molecule has 1 atom stereocenters. The van der Waals surface area contributed by atoms with E-state index in [2.05, 4.69) is 17.3 Å². The Bertz CT molecular complexity index is 853. The van der Waals surface area contributed by atoms with E-state index in [1.54, 1.807) is 4.90 Å². The van der Waals surface area contributed by atoms with Gasteiger partial charge in [0.25, 0.3) is 11.8 Å². The first kappa shape index (κ1) is 22.3. The summed E-state index contributed by atoms with van der Waals surface area (Å²) in [6, 6.07) is 9.93. The van der Waals surface area contributed by atoms with Crippen LogP contribution in [0.5, 0.6) is 0 Å². The van der Waals surface area contributed by atoms with Crippen LogP contribution in [0.2, 0.25) is 0 Å². The Hall–Kier alpha value is -2.38. The van der Waals surface area contributed by atoms with Gasteiger partial charge in [-0.25, -0.2) is 0 Å². The molecule has 0 saturated carbocycles. The van der Waals surface area contributed by atoms with Crippen LogP contribution < -0.4 is 5.32 Å². The van der Waals surface area contributed by atoms with Gasteiger partial charge >= 0.3 is 0 Å². The summed E-state index contributed by atoms with van der Waals surface area (Å²) in [5.74, 6) is -0.0132. The van der Waals surface area contributed by atoms with Gasteiger partial charge in [0, 0.05) is 44.5 Å². The molecule has 162 valence electrons. The number of amides is 2. The molecule has 2 aliphatic rings. The number of carbonyl (C=O) groups is 2. The molecular weight excluding hydrogens is 402 g/mol. The maximum Gasteiger partial charge on any atom is 0.274 e. The fourth-order valence-electron chi connectivity index (χ4n) is 4.05. The zero-order valence-corrected chi connectivity index (χ0v) is 18.2. The minimum absolute atomic E-state index is 0. The summed E-state index contributed by atoms with van der Waals surface area (Å²) in [5.41, 5.74) is 2.42. The zero-order valence-electron chi connectivity index (χ0n) is 17.4. The zero-order chi connectivity index (χ0) is 20.2. The van der Waals surface area contributed by atoms with Crippen LogP contribution in [-0.2, 0) is 6.42 Å². The van der Waals surface area contributed by atoms with Crippen LogP contribution in [0, 0.1) is 0 Å². The number of piperidine rings is 1. The second-order valence-electron chi connectivity index (χ2n) is 7.82. The minimum Gasteiger partial charge on any atom is -0.335 e. The highest BCUT2D eigenvalue weighted by Gasteiger charge is 2.27. The van der Waals surface area contributed by atoms with Gasteiger partial charge in [-0.15, -0.1) is 12.4 Å². The fraction of sp³-hybridized carbons (Fsp3) is 0.500. The van der Waals surface area contributed by atoms with Gasteiger partial charge in [-0.05, 0) is 49.6 Å². The summed E-state index contributed by atoms with van der Waals surface area (Å²) in [6.07, 6.45) is 5.08. The Balaban J connectivity index is 0.00000256. The van der Waals surface area contributed by atoms with Crippen molar-refractivity contribution in [2.24, 2.45) is 0 Å². The fourth-order valence-corrected chi connectivity index (χ4v) is 4.05. The molecule has 2 amide bonds. The summed E-state index contributed by atoms with van der Waals surface area (Å²) in [7, 11) is 0. The SMILES string of the molecule is CCc1ccc(C(=O)N2CCN(C(=O)c3ccn(C4CCCNC4)n3)CC2)cc1.Cl. The smallest absolute Gasteiger partial charge is 0.274 e. The molecule has 3 heterocycles. The van der Waals surface area contributed by atoms with Gasteiger partial charge in [0.2, 0.25) is 0 Å². The van der Waals surface area contributed by atoms with Crippen molar-refractivity contribution in [2.75, 3.05) is 39.3 Å². The molecule has 2 fully saturated rings. The van der Waals surface area contributed by atoms with Gasteiger partial charge in [-0.1, -0.05) is 19.1 Å². The number of benzene rings is 1. The summed E-state index contributed by atoms with van der Waals surface area (Å²) in [4.78, 5) is 29.2. The molecule has 1 aromatic carbocycles. The van der Waals surface area contributed by atoms with E-state index in [1.807, 2.05) is 46.1 Å². The molecule has 2 saturated heterocycles. The van der Waals surface area contributed by atoms with Gasteiger partial charge in [-0.2, -0.15) is 5.10 Å². The lowest BCUT2D eigenvalue weighted by Crippen LogP contribution is -2.50. The Morgan fingerprint density at radius 3 is 2.30 bits per heavy atom. The van der Waals surface area contributed by atoms with Crippen molar-refractivity contribution in [3.63, 3.8) is 0 Å². The maximum absolute atomic E-state index is 12.8. The Morgan fingerprint density at radius 1 is 1.03 bits per heavy atom. The molecule has 1 N–H and O–H groups in total. The molecule has 0 aliphatic carbocycles. The summed E-state index contributed by atoms with van der Waals surface area (Å²) in [5, 5.41) is 7.91. The standard InChI is InChI=1S/C22H29N5O2.ClH/c1-2-17-5-7-18(8-6-17)21(28)25-12-14-26(15-13-25)22(29)20-9-11-27(24-20)19-4-3-10-23-16-19;/h5-9,11,19,23H,2-4,10,12-16H2,1H3;1H. The first-order chi connectivity index (χ1) is 14.2. The highest BCUT2D eigenvalue weighted by Crippen LogP contribution is 2.17. The first-order valence-corrected chi connectivity index (χ1v) is 10.6. The predicted molar refractivity (Wildman–Crippen MR) is 118 cm³/mol. The van der Waals surface area contributed by atoms with Crippen molar-refractivity contribution < 1.29 is 9.59 Å². The van der Waals surface area contributed by atoms with E-state index < -0.39 is 0 Å². The first-order valence-electron chi connectivity index (χ1n) is 10.6. The number of piperazine rings is 1. The van der Waals surface area contributed by atoms with Gasteiger partial charge < -0.3 is 15.1 Å². The van der Waals surface area contributed by atoms with Gasteiger partial charge in [0.05, 0.1) is 6.04 Å². The second kappa shape index (κ2) is 10.1. The molecule has 2 aromatic rings. The van der Waals surface area contributed by atoms with Crippen LogP contribution in [0.3, 0.4) is 0 Å². The van der Waals surface area contributed by atoms with Crippen LogP contribution in [0.25, 0.3) is 0 Å². The number of aromatic nitrogens is 2. The van der Waals surface area contributed by atoms with Crippen molar-refractivity contribution in [3.05, 3.63) is 53.3 Å². The Morgan fingerprint density at radius 2 is 1.70 bits per heavy atom. The van der Waals surface area contributed by atoms with Crippen LogP contribution in [0.4, 0.5) is 0 Å². The number of nitrogens with zero attached hydrogens (tertiary/aromatic N) is 4. The van der Waals surface area contributed by atoms with Crippen molar-refractivity contribution in [3.8, 4) is 0 Å². The number of carbonyl (C=O) groups excluding carboxylic acids is 2. The quantitative estimate of drug-likeness (QED) is 0.806. The van der Waals surface area contributed by atoms with Crippen molar-refractivity contribution in [1.82, 2.24) is 24.9 Å². The lowest BCUT2D eigenvalue weighted by molar-refractivity contribution is 0.0531. The number of hydrogen-bond acceptors (Lipinski definition) is 4. The Kier molecular flexibility index (Phi) is 7.50. The van der Waals surface area contributed by atoms with Gasteiger partial charge in [0.15, 0.2) is 0 Å². The molecule has 0 bridgehead atoms. The molecule has 4 rings (SSSR count). The van der Waals surface area contributed by atoms with Crippen molar-refractivity contribution in [1.29, 1.82) is 0 Å². The number of hydrogen-bond donors (Lipinski definition) is 1. The van der Waals surface area contributed by atoms with Crippen LogP contribution in [0.1, 0.15) is 52.2 Å². The number of nitrogens with one attached hydrogen (secondary N) is 1. The van der Waals surface area contributed by atoms with E-state index in [1.165, 1.54) is 5.56 Å². The summed E-state index contributed by atoms with van der Waals surface area (Å²) in [6.45, 7) is 6.22.